The lowest BCUT2D eigenvalue weighted by molar-refractivity contribution is 1.17. The van der Waals surface area contributed by atoms with Gasteiger partial charge in [0.25, 0.3) is 0 Å². The summed E-state index contributed by atoms with van der Waals surface area (Å²) < 4.78 is 2.24. The molecule has 350 valence electrons. The highest BCUT2D eigenvalue weighted by atomic mass is 15.2. The fourth-order valence-electron chi connectivity index (χ4n) is 9.87. The molecule has 75 heavy (non-hydrogen) atoms. The van der Waals surface area contributed by atoms with Crippen molar-refractivity contribution in [1.29, 1.82) is 10.5 Å². The van der Waals surface area contributed by atoms with Gasteiger partial charge >= 0.3 is 0 Å². The maximum atomic E-state index is 10.9. The van der Waals surface area contributed by atoms with E-state index in [-0.39, 0.29) is 0 Å². The standard InChI is InChI=1S/C67H42N8/c1-70-52-28-32-56(33-29-52)74(54-20-12-5-13-21-54)59-36-39-66-62(42-59)61-41-58(73(53-18-10-4-11-19-53)55-30-22-46(44-68)23-31-55)35-38-65(61)75(66)57-34-37-60(51(40-57)45-69)47-24-26-49(27-25-47)64-43-63(48-14-6-2-7-15-48)71-67(72-64)50-16-8-3-9-17-50/h2-43H. The van der Waals surface area contributed by atoms with Gasteiger partial charge in [-0.25, -0.2) is 14.8 Å². The van der Waals surface area contributed by atoms with E-state index >= 15 is 0 Å². The molecule has 2 heterocycles. The molecule has 0 fully saturated rings. The minimum Gasteiger partial charge on any atom is -0.311 e. The van der Waals surface area contributed by atoms with Gasteiger partial charge in [-0.05, 0) is 126 Å². The van der Waals surface area contributed by atoms with Crippen LogP contribution < -0.4 is 9.80 Å². The first-order valence-corrected chi connectivity index (χ1v) is 24.4. The molecule has 8 heteroatoms. The molecule has 0 aliphatic carbocycles. The number of fused-ring (bicyclic) bond motifs is 3. The first-order chi connectivity index (χ1) is 37.0. The van der Waals surface area contributed by atoms with Crippen molar-refractivity contribution in [3.8, 4) is 62.9 Å². The van der Waals surface area contributed by atoms with E-state index in [2.05, 4.69) is 134 Å². The molecule has 0 atom stereocenters. The Morgan fingerprint density at radius 3 is 1.36 bits per heavy atom. The molecule has 0 bridgehead atoms. The number of benzene rings is 10. The number of anilines is 6. The molecule has 0 amide bonds. The summed E-state index contributed by atoms with van der Waals surface area (Å²) in [6.45, 7) is 7.61. The Balaban J connectivity index is 0.990. The van der Waals surface area contributed by atoms with E-state index in [0.29, 0.717) is 22.6 Å². The minimum absolute atomic E-state index is 0.539. The van der Waals surface area contributed by atoms with Crippen LogP contribution in [0.2, 0.25) is 0 Å². The topological polar surface area (TPSA) is 89.1 Å². The summed E-state index contributed by atoms with van der Waals surface area (Å²) >= 11 is 0. The summed E-state index contributed by atoms with van der Waals surface area (Å²) in [7, 11) is 0. The van der Waals surface area contributed by atoms with E-state index in [1.165, 1.54) is 0 Å². The number of para-hydroxylation sites is 2. The second-order valence-electron chi connectivity index (χ2n) is 18.0. The molecule has 0 saturated heterocycles. The van der Waals surface area contributed by atoms with Crippen LogP contribution in [0.5, 0.6) is 0 Å². The molecule has 0 aliphatic heterocycles. The van der Waals surface area contributed by atoms with Crippen molar-refractivity contribution < 1.29 is 0 Å². The normalized spacial score (nSPS) is 10.9. The van der Waals surface area contributed by atoms with Gasteiger partial charge in [0.05, 0.1) is 52.3 Å². The minimum atomic E-state index is 0.539. The first-order valence-electron chi connectivity index (χ1n) is 24.4. The molecule has 0 N–H and O–H groups in total. The van der Waals surface area contributed by atoms with E-state index in [9.17, 15) is 10.5 Å². The number of rotatable bonds is 11. The van der Waals surface area contributed by atoms with Crippen LogP contribution in [0.15, 0.2) is 255 Å². The predicted molar refractivity (Wildman–Crippen MR) is 303 cm³/mol. The van der Waals surface area contributed by atoms with Gasteiger partial charge in [-0.15, -0.1) is 0 Å². The maximum Gasteiger partial charge on any atom is 0.187 e. The summed E-state index contributed by atoms with van der Waals surface area (Å²) in [6, 6.07) is 90.2. The predicted octanol–water partition coefficient (Wildman–Crippen LogP) is 17.5. The summed E-state index contributed by atoms with van der Waals surface area (Å²) in [5.41, 5.74) is 16.4. The Bertz CT molecular complexity index is 3960. The van der Waals surface area contributed by atoms with E-state index in [0.717, 1.165) is 101 Å². The number of hydrogen-bond acceptors (Lipinski definition) is 6. The van der Waals surface area contributed by atoms with Gasteiger partial charge in [0.1, 0.15) is 0 Å². The van der Waals surface area contributed by atoms with Crippen LogP contribution in [0.3, 0.4) is 0 Å². The van der Waals surface area contributed by atoms with Gasteiger partial charge < -0.3 is 14.4 Å². The maximum absolute atomic E-state index is 10.9. The summed E-state index contributed by atoms with van der Waals surface area (Å²) in [5.74, 6) is 0.650. The average Bonchev–Trinajstić information content (AvgIpc) is 3.82. The molecular weight excluding hydrogens is 917 g/mol. The molecule has 12 rings (SSSR count). The largest absolute Gasteiger partial charge is 0.311 e. The number of aromatic nitrogens is 3. The fraction of sp³-hybridized carbons (Fsp3) is 0. The van der Waals surface area contributed by atoms with Crippen molar-refractivity contribution >= 4 is 61.6 Å². The zero-order chi connectivity index (χ0) is 50.7. The third-order valence-electron chi connectivity index (χ3n) is 13.5. The lowest BCUT2D eigenvalue weighted by atomic mass is 9.97. The molecule has 0 saturated carbocycles. The highest BCUT2D eigenvalue weighted by molar-refractivity contribution is 6.12. The van der Waals surface area contributed by atoms with Crippen molar-refractivity contribution in [2.45, 2.75) is 0 Å². The van der Waals surface area contributed by atoms with Gasteiger partial charge in [0, 0.05) is 67.3 Å². The fourth-order valence-corrected chi connectivity index (χ4v) is 9.87. The van der Waals surface area contributed by atoms with Crippen molar-refractivity contribution in [3.05, 3.63) is 277 Å². The van der Waals surface area contributed by atoms with Crippen LogP contribution >= 0.6 is 0 Å². The molecule has 10 aromatic carbocycles. The van der Waals surface area contributed by atoms with Crippen LogP contribution in [0.1, 0.15) is 11.1 Å². The van der Waals surface area contributed by atoms with Crippen molar-refractivity contribution in [1.82, 2.24) is 14.5 Å². The Hall–Kier alpha value is -10.9. The second-order valence-corrected chi connectivity index (χ2v) is 18.0. The van der Waals surface area contributed by atoms with Gasteiger partial charge in [-0.2, -0.15) is 10.5 Å². The van der Waals surface area contributed by atoms with E-state index in [1.54, 1.807) is 0 Å². The van der Waals surface area contributed by atoms with Crippen molar-refractivity contribution in [2.75, 3.05) is 9.80 Å². The molecule has 0 radical (unpaired) electrons. The molecule has 12 aromatic rings. The van der Waals surface area contributed by atoms with E-state index in [4.69, 9.17) is 16.5 Å². The van der Waals surface area contributed by atoms with Crippen LogP contribution in [0.25, 0.3) is 77.4 Å². The number of hydrogen-bond donors (Lipinski definition) is 0. The quantitative estimate of drug-likeness (QED) is 0.120. The van der Waals surface area contributed by atoms with Gasteiger partial charge in [0.15, 0.2) is 11.5 Å². The first kappa shape index (κ1) is 45.3. The van der Waals surface area contributed by atoms with E-state index in [1.807, 2.05) is 152 Å². The lowest BCUT2D eigenvalue weighted by Crippen LogP contribution is -2.09. The Morgan fingerprint density at radius 2 is 0.853 bits per heavy atom. The van der Waals surface area contributed by atoms with Crippen molar-refractivity contribution in [2.24, 2.45) is 0 Å². The van der Waals surface area contributed by atoms with Crippen LogP contribution in [0, 0.1) is 29.2 Å². The van der Waals surface area contributed by atoms with E-state index < -0.39 is 0 Å². The summed E-state index contributed by atoms with van der Waals surface area (Å²) in [6.07, 6.45) is 0. The third kappa shape index (κ3) is 8.76. The average molecular weight is 959 g/mol. The Labute approximate surface area is 434 Å². The third-order valence-corrected chi connectivity index (χ3v) is 13.5. The molecule has 0 unspecified atom stereocenters. The molecule has 8 nitrogen and oxygen atoms in total. The Morgan fingerprint density at radius 1 is 0.400 bits per heavy atom. The zero-order valence-electron chi connectivity index (χ0n) is 40.3. The van der Waals surface area contributed by atoms with Gasteiger partial charge in [-0.1, -0.05) is 140 Å². The monoisotopic (exact) mass is 958 g/mol. The number of nitrogens with zero attached hydrogens (tertiary/aromatic N) is 8. The Kier molecular flexibility index (Phi) is 11.9. The lowest BCUT2D eigenvalue weighted by Gasteiger charge is -2.26. The van der Waals surface area contributed by atoms with Gasteiger partial charge in [0.2, 0.25) is 0 Å². The number of nitriles is 2. The van der Waals surface area contributed by atoms with Gasteiger partial charge in [-0.3, -0.25) is 0 Å². The SMILES string of the molecule is [C-]#[N+]c1ccc(N(c2ccccc2)c2ccc3c(c2)c2cc(N(c4ccccc4)c4ccc(C#N)cc4)ccc2n3-c2ccc(-c3ccc(-c4cc(-c5ccccc5)nc(-c5ccccc5)n4)cc3)c(C#N)c2)cc1. The molecule has 0 spiro atoms. The highest BCUT2D eigenvalue weighted by Gasteiger charge is 2.21. The van der Waals surface area contributed by atoms with Crippen LogP contribution in [-0.4, -0.2) is 14.5 Å². The zero-order valence-corrected chi connectivity index (χ0v) is 40.3. The molecule has 2 aromatic heterocycles. The summed E-state index contributed by atoms with van der Waals surface area (Å²) in [5, 5.41) is 22.6. The second kappa shape index (κ2) is 19.7. The highest BCUT2D eigenvalue weighted by Crippen LogP contribution is 2.44. The molecule has 0 aliphatic rings. The summed E-state index contributed by atoms with van der Waals surface area (Å²) in [4.78, 5) is 18.1. The smallest absolute Gasteiger partial charge is 0.187 e. The van der Waals surface area contributed by atoms with Crippen LogP contribution in [-0.2, 0) is 0 Å². The van der Waals surface area contributed by atoms with Crippen LogP contribution in [0.4, 0.5) is 39.8 Å². The van der Waals surface area contributed by atoms with Crippen molar-refractivity contribution in [3.63, 3.8) is 0 Å². The molecular formula is C67H42N8.